The topological polar surface area (TPSA) is 123 Å². The summed E-state index contributed by atoms with van der Waals surface area (Å²) in [4.78, 5) is 41.1. The molecule has 17 heteroatoms. The number of amides is 2. The third-order valence-corrected chi connectivity index (χ3v) is 13.8. The van der Waals surface area contributed by atoms with Crippen LogP contribution in [-0.2, 0) is 12.4 Å². The van der Waals surface area contributed by atoms with Crippen LogP contribution >= 0.6 is 0 Å². The van der Waals surface area contributed by atoms with Gasteiger partial charge in [-0.1, -0.05) is 12.1 Å². The van der Waals surface area contributed by atoms with Gasteiger partial charge in [0.1, 0.15) is 29.5 Å². The quantitative estimate of drug-likeness (QED) is 0.175. The van der Waals surface area contributed by atoms with E-state index in [4.69, 9.17) is 4.74 Å². The molecule has 4 aromatic rings. The van der Waals surface area contributed by atoms with E-state index in [1.165, 1.54) is 28.8 Å². The number of hydrogen-bond donors (Lipinski definition) is 2. The maximum absolute atomic E-state index is 13.0. The first kappa shape index (κ1) is 48.7. The largest absolute Gasteiger partial charge is 0.508 e. The predicted molar refractivity (Wildman–Crippen MR) is 235 cm³/mol. The minimum absolute atomic E-state index is 0.179. The number of aliphatic hydroxyl groups is 1. The van der Waals surface area contributed by atoms with E-state index in [2.05, 4.69) is 32.8 Å². The first-order valence-corrected chi connectivity index (χ1v) is 22.6. The number of nitrogens with zero attached hydrogens (tertiary/aromatic N) is 6. The van der Waals surface area contributed by atoms with Crippen LogP contribution in [0.3, 0.4) is 0 Å². The molecule has 4 saturated heterocycles. The van der Waals surface area contributed by atoms with Gasteiger partial charge in [-0.2, -0.15) is 26.3 Å². The fourth-order valence-electron chi connectivity index (χ4n) is 10.0. The highest BCUT2D eigenvalue weighted by molar-refractivity contribution is 5.94. The number of pyridine rings is 2. The number of halogens is 6. The molecule has 5 atom stereocenters. The SMILES string of the molecule is Cc1c(O)ccc([C@H]2CCC[C@H]3CN(C(=O)c4ccc(C(F)(F)F)nc4)CCN32)c1C.Cc1c(OC[C@@H](C)O)ccc([C@H]2CCC[C@H]3CN(C(=O)c4ccc(C(F)(F)F)nc4)CCN32)c1C. The Morgan fingerprint density at radius 1 is 0.652 bits per heavy atom. The predicted octanol–water partition coefficient (Wildman–Crippen LogP) is 9.00. The summed E-state index contributed by atoms with van der Waals surface area (Å²) >= 11 is 0. The van der Waals surface area contributed by atoms with Gasteiger partial charge >= 0.3 is 12.4 Å². The first-order valence-electron chi connectivity index (χ1n) is 22.6. The van der Waals surface area contributed by atoms with Crippen LogP contribution in [0.2, 0.25) is 0 Å². The maximum atomic E-state index is 13.0. The Morgan fingerprint density at radius 2 is 1.11 bits per heavy atom. The molecule has 0 unspecified atom stereocenters. The summed E-state index contributed by atoms with van der Waals surface area (Å²) in [6.45, 7) is 13.6. The summed E-state index contributed by atoms with van der Waals surface area (Å²) in [5, 5.41) is 19.5. The van der Waals surface area contributed by atoms with Gasteiger partial charge in [0.05, 0.1) is 17.2 Å². The summed E-state index contributed by atoms with van der Waals surface area (Å²) in [6.07, 6.45) is -1.47. The molecular formula is C49H58F6N6O5. The monoisotopic (exact) mass is 924 g/mol. The Kier molecular flexibility index (Phi) is 14.7. The average Bonchev–Trinajstić information content (AvgIpc) is 3.30. The van der Waals surface area contributed by atoms with Crippen molar-refractivity contribution in [1.82, 2.24) is 29.6 Å². The molecule has 4 aliphatic rings. The molecule has 11 nitrogen and oxygen atoms in total. The zero-order chi connectivity index (χ0) is 47.7. The lowest BCUT2D eigenvalue weighted by molar-refractivity contribution is -0.142. The standard InChI is InChI=1S/C26H32F3N3O3.C23H26F3N3O2/c1-16(33)15-35-23-9-8-21(17(2)18(23)3)22-6-4-5-20-14-31(11-12-32(20)22)25(34)19-7-10-24(30-13-19)26(27,28)29;1-14-15(2)20(30)8-7-18(14)19-5-3-4-17-13-28(10-11-29(17)19)22(31)16-6-9-21(27-12-16)23(24,25)26/h7-10,13,16,20,22,33H,4-6,11-12,14-15H2,1-3H3;6-9,12,17,19,30H,3-5,10-11,13H2,1-2H3/t16-,20+,22-;17-,19+/m10/s1. The molecule has 2 aromatic heterocycles. The van der Waals surface area contributed by atoms with Crippen LogP contribution in [0.4, 0.5) is 26.3 Å². The van der Waals surface area contributed by atoms with Crippen molar-refractivity contribution in [3.05, 3.63) is 117 Å². The van der Waals surface area contributed by atoms with Crippen LogP contribution in [0.1, 0.15) is 123 Å². The van der Waals surface area contributed by atoms with Gasteiger partial charge in [-0.15, -0.1) is 0 Å². The Balaban J connectivity index is 0.000000198. The number of aromatic hydroxyl groups is 1. The fourth-order valence-corrected chi connectivity index (χ4v) is 10.0. The van der Waals surface area contributed by atoms with Crippen LogP contribution in [0.5, 0.6) is 11.5 Å². The van der Waals surface area contributed by atoms with Crippen molar-refractivity contribution < 1.29 is 50.9 Å². The Labute approximate surface area is 381 Å². The normalized spacial score (nSPS) is 22.1. The number of piperidine rings is 2. The molecule has 2 N–H and O–H groups in total. The summed E-state index contributed by atoms with van der Waals surface area (Å²) in [5.74, 6) is 0.522. The van der Waals surface area contributed by atoms with E-state index in [0.717, 1.165) is 85.5 Å². The summed E-state index contributed by atoms with van der Waals surface area (Å²) < 4.78 is 82.4. The molecule has 66 heavy (non-hydrogen) atoms. The molecule has 0 spiro atoms. The van der Waals surface area contributed by atoms with Gasteiger partial charge in [-0.3, -0.25) is 29.4 Å². The van der Waals surface area contributed by atoms with Crippen LogP contribution < -0.4 is 4.74 Å². The van der Waals surface area contributed by atoms with Crippen LogP contribution in [0, 0.1) is 27.7 Å². The number of rotatable bonds is 7. The van der Waals surface area contributed by atoms with Gasteiger partial charge in [0.15, 0.2) is 0 Å². The van der Waals surface area contributed by atoms with E-state index in [1.54, 1.807) is 22.8 Å². The van der Waals surface area contributed by atoms with E-state index in [-0.39, 0.29) is 53.7 Å². The van der Waals surface area contributed by atoms with Gasteiger partial charge in [0.2, 0.25) is 0 Å². The van der Waals surface area contributed by atoms with E-state index < -0.39 is 29.8 Å². The van der Waals surface area contributed by atoms with Crippen molar-refractivity contribution in [2.75, 3.05) is 45.9 Å². The maximum Gasteiger partial charge on any atom is 0.433 e. The van der Waals surface area contributed by atoms with Crippen molar-refractivity contribution in [2.45, 2.75) is 116 Å². The highest BCUT2D eigenvalue weighted by Crippen LogP contribution is 2.41. The molecule has 4 aliphatic heterocycles. The van der Waals surface area contributed by atoms with Crippen molar-refractivity contribution in [1.29, 1.82) is 0 Å². The fraction of sp³-hybridized carbons (Fsp3) is 0.510. The number of hydrogen-bond acceptors (Lipinski definition) is 9. The summed E-state index contributed by atoms with van der Waals surface area (Å²) in [6, 6.07) is 12.8. The highest BCUT2D eigenvalue weighted by Gasteiger charge is 2.40. The Bertz CT molecular complexity index is 2360. The minimum Gasteiger partial charge on any atom is -0.508 e. The second-order valence-electron chi connectivity index (χ2n) is 18.0. The van der Waals surface area contributed by atoms with Gasteiger partial charge in [0.25, 0.3) is 11.8 Å². The van der Waals surface area contributed by atoms with Crippen molar-refractivity contribution >= 4 is 11.8 Å². The zero-order valence-electron chi connectivity index (χ0n) is 37.9. The molecule has 4 fully saturated rings. The third-order valence-electron chi connectivity index (χ3n) is 13.8. The van der Waals surface area contributed by atoms with Crippen molar-refractivity contribution in [3.63, 3.8) is 0 Å². The molecule has 356 valence electrons. The van der Waals surface area contributed by atoms with Crippen molar-refractivity contribution in [3.8, 4) is 11.5 Å². The second kappa shape index (κ2) is 19.9. The number of phenols is 1. The second-order valence-corrected chi connectivity index (χ2v) is 18.0. The van der Waals surface area contributed by atoms with Gasteiger partial charge in [-0.05, 0) is 143 Å². The lowest BCUT2D eigenvalue weighted by Crippen LogP contribution is -2.57. The Morgan fingerprint density at radius 3 is 1.53 bits per heavy atom. The summed E-state index contributed by atoms with van der Waals surface area (Å²) in [5.41, 5.74) is 5.06. The van der Waals surface area contributed by atoms with Gasteiger partial charge in [-0.25, -0.2) is 0 Å². The molecule has 0 aliphatic carbocycles. The number of phenolic OH excluding ortho intramolecular Hbond substituents is 1. The van der Waals surface area contributed by atoms with E-state index in [0.29, 0.717) is 45.0 Å². The molecular weight excluding hydrogens is 867 g/mol. The number of benzene rings is 2. The van der Waals surface area contributed by atoms with E-state index in [1.807, 2.05) is 32.9 Å². The van der Waals surface area contributed by atoms with Gasteiger partial charge in [0, 0.05) is 75.8 Å². The number of aliphatic hydroxyl groups excluding tert-OH is 1. The highest BCUT2D eigenvalue weighted by atomic mass is 19.4. The number of fused-ring (bicyclic) bond motifs is 2. The number of alkyl halides is 6. The molecule has 2 amide bonds. The van der Waals surface area contributed by atoms with Crippen LogP contribution in [0.25, 0.3) is 0 Å². The first-order chi connectivity index (χ1) is 31.2. The molecule has 0 bridgehead atoms. The van der Waals surface area contributed by atoms with Gasteiger partial charge < -0.3 is 24.7 Å². The third kappa shape index (κ3) is 10.6. The molecule has 2 aromatic carbocycles. The number of carbonyl (C=O) groups excluding carboxylic acids is 2. The number of carbonyl (C=O) groups is 2. The number of aromatic nitrogens is 2. The van der Waals surface area contributed by atoms with E-state index >= 15 is 0 Å². The zero-order valence-corrected chi connectivity index (χ0v) is 37.9. The smallest absolute Gasteiger partial charge is 0.433 e. The number of ether oxygens (including phenoxy) is 1. The molecule has 8 rings (SSSR count). The minimum atomic E-state index is -4.53. The van der Waals surface area contributed by atoms with Crippen LogP contribution in [-0.4, -0.2) is 116 Å². The molecule has 6 heterocycles. The number of piperazine rings is 2. The summed E-state index contributed by atoms with van der Waals surface area (Å²) in [7, 11) is 0. The van der Waals surface area contributed by atoms with Crippen LogP contribution in [0.15, 0.2) is 60.9 Å². The Hall–Kier alpha value is -5.26. The van der Waals surface area contributed by atoms with Crippen molar-refractivity contribution in [2.24, 2.45) is 0 Å². The molecule has 0 saturated carbocycles. The van der Waals surface area contributed by atoms with E-state index in [9.17, 15) is 46.1 Å². The lowest BCUT2D eigenvalue weighted by Gasteiger charge is -2.48. The average molecular weight is 925 g/mol. The lowest BCUT2D eigenvalue weighted by atomic mass is 9.86. The molecule has 0 radical (unpaired) electrons.